The first-order valence-corrected chi connectivity index (χ1v) is 10.7. The summed E-state index contributed by atoms with van der Waals surface area (Å²) in [7, 11) is 0. The average molecular weight is 464 g/mol. The van der Waals surface area contributed by atoms with Crippen molar-refractivity contribution >= 4 is 17.3 Å². The van der Waals surface area contributed by atoms with Gasteiger partial charge in [-0.15, -0.1) is 11.6 Å². The van der Waals surface area contributed by atoms with Crippen LogP contribution in [0.4, 0.5) is 17.6 Å². The van der Waals surface area contributed by atoms with Crippen LogP contribution in [0.1, 0.15) is 46.0 Å². The molecule has 0 aromatic heterocycles. The highest BCUT2D eigenvalue weighted by atomic mass is 35.5. The van der Waals surface area contributed by atoms with E-state index in [-0.39, 0.29) is 25.5 Å². The highest BCUT2D eigenvalue weighted by Gasteiger charge is 2.43. The van der Waals surface area contributed by atoms with Gasteiger partial charge in [-0.25, -0.2) is 4.39 Å². The number of nitrogens with one attached hydrogen (secondary N) is 2. The summed E-state index contributed by atoms with van der Waals surface area (Å²) in [6.45, 7) is 7.00. The summed E-state index contributed by atoms with van der Waals surface area (Å²) < 4.78 is 53.8. The van der Waals surface area contributed by atoms with Crippen LogP contribution >= 0.6 is 11.6 Å². The molecular formula is C22H30ClF4N3O. The van der Waals surface area contributed by atoms with E-state index in [1.165, 1.54) is 6.08 Å². The molecule has 1 fully saturated rings. The van der Waals surface area contributed by atoms with Crippen molar-refractivity contribution in [3.05, 3.63) is 47.4 Å². The van der Waals surface area contributed by atoms with Crippen molar-refractivity contribution in [2.24, 2.45) is 4.99 Å². The van der Waals surface area contributed by atoms with Crippen molar-refractivity contribution in [1.82, 2.24) is 10.6 Å². The van der Waals surface area contributed by atoms with Crippen LogP contribution in [0, 0.1) is 0 Å². The fraction of sp³-hybridized carbons (Fsp3) is 0.591. The molecule has 2 aliphatic carbocycles. The van der Waals surface area contributed by atoms with Gasteiger partial charge in [-0.2, -0.15) is 13.2 Å². The Bertz CT molecular complexity index is 784. The van der Waals surface area contributed by atoms with Gasteiger partial charge >= 0.3 is 6.18 Å². The third kappa shape index (κ3) is 7.27. The Balaban J connectivity index is 2.00. The zero-order valence-electron chi connectivity index (χ0n) is 17.8. The van der Waals surface area contributed by atoms with E-state index in [1.54, 1.807) is 6.08 Å². The molecule has 4 nitrogen and oxygen atoms in total. The van der Waals surface area contributed by atoms with Crippen LogP contribution < -0.4 is 10.6 Å². The molecule has 3 atom stereocenters. The molecule has 0 aliphatic heterocycles. The minimum atomic E-state index is -4.66. The Morgan fingerprint density at radius 1 is 1.32 bits per heavy atom. The lowest BCUT2D eigenvalue weighted by Crippen LogP contribution is -2.49. The number of aliphatic hydroxyl groups is 1. The number of alkyl halides is 4. The van der Waals surface area contributed by atoms with Crippen LogP contribution in [0.25, 0.3) is 0 Å². The van der Waals surface area contributed by atoms with Crippen LogP contribution in [0.3, 0.4) is 0 Å². The van der Waals surface area contributed by atoms with Crippen LogP contribution in [-0.2, 0) is 0 Å². The standard InChI is InChI=1S/C22H30ClF4N3O/c1-4-17-18(6-5-11-21(17,3)23)29-13-30-19(22(25,26)27)14(2)20(31)28-12-15-7-9-16(24)10-8-15/h4,7,9,19-20,28,30-31H,2,5-6,8,10-13H2,1,3H3/b17-4+,29-18?. The van der Waals surface area contributed by atoms with E-state index in [2.05, 4.69) is 22.2 Å². The largest absolute Gasteiger partial charge is 0.407 e. The third-order valence-electron chi connectivity index (χ3n) is 5.54. The summed E-state index contributed by atoms with van der Waals surface area (Å²) in [6, 6.07) is -2.14. The van der Waals surface area contributed by atoms with Crippen LogP contribution in [0.15, 0.2) is 52.3 Å². The summed E-state index contributed by atoms with van der Waals surface area (Å²) in [5, 5.41) is 15.2. The number of rotatable bonds is 8. The van der Waals surface area contributed by atoms with E-state index in [0.717, 1.165) is 24.0 Å². The zero-order valence-corrected chi connectivity index (χ0v) is 18.6. The minimum absolute atomic E-state index is 0.135. The Morgan fingerprint density at radius 3 is 2.61 bits per heavy atom. The van der Waals surface area contributed by atoms with E-state index >= 15 is 0 Å². The van der Waals surface area contributed by atoms with Crippen LogP contribution in [-0.4, -0.2) is 47.4 Å². The normalized spacial score (nSPS) is 27.1. The van der Waals surface area contributed by atoms with Gasteiger partial charge in [0.15, 0.2) is 0 Å². The molecule has 0 heterocycles. The molecule has 2 aliphatic rings. The molecule has 0 bridgehead atoms. The Morgan fingerprint density at radius 2 is 2.03 bits per heavy atom. The van der Waals surface area contributed by atoms with Crippen molar-refractivity contribution < 1.29 is 22.7 Å². The predicted molar refractivity (Wildman–Crippen MR) is 117 cm³/mol. The molecule has 0 spiro atoms. The zero-order chi connectivity index (χ0) is 23.2. The maximum Gasteiger partial charge on any atom is 0.407 e. The number of aliphatic imine (C=N–C) groups is 1. The maximum atomic E-state index is 13.6. The molecule has 0 aromatic carbocycles. The van der Waals surface area contributed by atoms with Gasteiger partial charge in [-0.1, -0.05) is 24.3 Å². The lowest BCUT2D eigenvalue weighted by Gasteiger charge is -2.32. The van der Waals surface area contributed by atoms with Gasteiger partial charge in [0, 0.05) is 18.7 Å². The predicted octanol–water partition coefficient (Wildman–Crippen LogP) is 5.07. The molecule has 0 aromatic rings. The quantitative estimate of drug-likeness (QED) is 0.204. The maximum absolute atomic E-state index is 13.6. The van der Waals surface area contributed by atoms with Gasteiger partial charge in [-0.3, -0.25) is 15.6 Å². The molecule has 1 saturated carbocycles. The summed E-state index contributed by atoms with van der Waals surface area (Å²) >= 11 is 6.51. The molecule has 31 heavy (non-hydrogen) atoms. The molecule has 0 saturated heterocycles. The number of nitrogens with zero attached hydrogens (tertiary/aromatic N) is 1. The van der Waals surface area contributed by atoms with E-state index in [9.17, 15) is 22.7 Å². The number of halogens is 5. The fourth-order valence-electron chi connectivity index (χ4n) is 3.80. The second-order valence-corrected chi connectivity index (χ2v) is 8.83. The fourth-order valence-corrected chi connectivity index (χ4v) is 4.15. The molecule has 9 heteroatoms. The molecule has 3 N–H and O–H groups in total. The summed E-state index contributed by atoms with van der Waals surface area (Å²) in [6.07, 6.45) is 1.40. The lowest BCUT2D eigenvalue weighted by molar-refractivity contribution is -0.149. The van der Waals surface area contributed by atoms with Crippen molar-refractivity contribution in [2.45, 2.75) is 69.3 Å². The van der Waals surface area contributed by atoms with Crippen molar-refractivity contribution in [2.75, 3.05) is 13.2 Å². The van der Waals surface area contributed by atoms with E-state index in [1.807, 2.05) is 19.9 Å². The number of allylic oxidation sites excluding steroid dienone is 5. The van der Waals surface area contributed by atoms with Crippen molar-refractivity contribution in [3.8, 4) is 0 Å². The SMILES string of the molecule is C=C(C(O)NCC1=CC=C(F)CC1)C(NCN=C1CCCC(C)(Cl)/C1=C/C)C(F)(F)F. The monoisotopic (exact) mass is 463 g/mol. The minimum Gasteiger partial charge on any atom is -0.375 e. The van der Waals surface area contributed by atoms with E-state index in [4.69, 9.17) is 11.6 Å². The van der Waals surface area contributed by atoms with Gasteiger partial charge in [0.25, 0.3) is 0 Å². The van der Waals surface area contributed by atoms with Crippen molar-refractivity contribution in [3.63, 3.8) is 0 Å². The van der Waals surface area contributed by atoms with Gasteiger partial charge in [0.1, 0.15) is 18.1 Å². The Labute approximate surface area is 185 Å². The second kappa shape index (κ2) is 10.9. The van der Waals surface area contributed by atoms with Crippen LogP contribution in [0.5, 0.6) is 0 Å². The van der Waals surface area contributed by atoms with Crippen LogP contribution in [0.2, 0.25) is 0 Å². The first kappa shape index (κ1) is 25.8. The van der Waals surface area contributed by atoms with E-state index in [0.29, 0.717) is 18.6 Å². The molecule has 174 valence electrons. The lowest BCUT2D eigenvalue weighted by atomic mass is 9.83. The van der Waals surface area contributed by atoms with Gasteiger partial charge in [0.05, 0.1) is 11.5 Å². The highest BCUT2D eigenvalue weighted by molar-refractivity contribution is 6.30. The Kier molecular flexibility index (Phi) is 9.06. The topological polar surface area (TPSA) is 56.6 Å². The summed E-state index contributed by atoms with van der Waals surface area (Å²) in [5.74, 6) is -0.245. The van der Waals surface area contributed by atoms with Gasteiger partial charge in [0.2, 0.25) is 0 Å². The van der Waals surface area contributed by atoms with Gasteiger partial charge in [-0.05, 0) is 56.8 Å². The first-order chi connectivity index (χ1) is 14.5. The second-order valence-electron chi connectivity index (χ2n) is 7.99. The van der Waals surface area contributed by atoms with Crippen molar-refractivity contribution in [1.29, 1.82) is 0 Å². The van der Waals surface area contributed by atoms with Gasteiger partial charge < -0.3 is 5.11 Å². The smallest absolute Gasteiger partial charge is 0.375 e. The van der Waals surface area contributed by atoms with E-state index < -0.39 is 28.9 Å². The summed E-state index contributed by atoms with van der Waals surface area (Å²) in [4.78, 5) is 3.73. The first-order valence-electron chi connectivity index (χ1n) is 10.3. The third-order valence-corrected chi connectivity index (χ3v) is 5.94. The number of hydrogen-bond acceptors (Lipinski definition) is 4. The number of aliphatic hydroxyl groups excluding tert-OH is 1. The molecular weight excluding hydrogens is 434 g/mol. The molecule has 0 amide bonds. The molecule has 3 unspecified atom stereocenters. The molecule has 2 rings (SSSR count). The Hall–Kier alpha value is -1.48. The summed E-state index contributed by atoms with van der Waals surface area (Å²) in [5.41, 5.74) is 1.85. The molecule has 0 radical (unpaired) electrons. The number of hydrogen-bond donors (Lipinski definition) is 3. The average Bonchev–Trinajstić information content (AvgIpc) is 2.68. The highest BCUT2D eigenvalue weighted by Crippen LogP contribution is 2.37.